The van der Waals surface area contributed by atoms with Crippen molar-refractivity contribution in [1.29, 1.82) is 0 Å². The van der Waals surface area contributed by atoms with Gasteiger partial charge in [0.2, 0.25) is 11.8 Å². The fourth-order valence-corrected chi connectivity index (χ4v) is 2.71. The van der Waals surface area contributed by atoms with E-state index in [-0.39, 0.29) is 18.4 Å². The van der Waals surface area contributed by atoms with E-state index in [4.69, 9.17) is 0 Å². The van der Waals surface area contributed by atoms with E-state index < -0.39 is 11.6 Å². The highest BCUT2D eigenvalue weighted by molar-refractivity contribution is 5.91. The minimum absolute atomic E-state index is 0.0145. The van der Waals surface area contributed by atoms with E-state index in [9.17, 15) is 14.7 Å². The van der Waals surface area contributed by atoms with E-state index in [0.717, 1.165) is 32.1 Å². The van der Waals surface area contributed by atoms with Crippen LogP contribution < -0.4 is 10.6 Å². The van der Waals surface area contributed by atoms with Crippen molar-refractivity contribution in [2.75, 3.05) is 6.61 Å². The number of carbonyl (C=O) groups excluding carboxylic acids is 2. The molecule has 96 valence electrons. The van der Waals surface area contributed by atoms with E-state index in [2.05, 4.69) is 10.6 Å². The second kappa shape index (κ2) is 5.04. The molecule has 0 bridgehead atoms. The third-order valence-electron chi connectivity index (χ3n) is 3.81. The van der Waals surface area contributed by atoms with Gasteiger partial charge in [-0.25, -0.2) is 0 Å². The molecule has 2 fully saturated rings. The largest absolute Gasteiger partial charge is 0.394 e. The van der Waals surface area contributed by atoms with Crippen LogP contribution in [-0.4, -0.2) is 35.1 Å². The molecule has 1 saturated heterocycles. The van der Waals surface area contributed by atoms with Gasteiger partial charge in [0.15, 0.2) is 0 Å². The molecule has 5 heteroatoms. The van der Waals surface area contributed by atoms with Gasteiger partial charge >= 0.3 is 0 Å². The maximum absolute atomic E-state index is 12.0. The van der Waals surface area contributed by atoms with Crippen LogP contribution in [0, 0.1) is 0 Å². The first kappa shape index (κ1) is 12.4. The van der Waals surface area contributed by atoms with Gasteiger partial charge in [0.25, 0.3) is 0 Å². The maximum atomic E-state index is 12.0. The monoisotopic (exact) mass is 240 g/mol. The van der Waals surface area contributed by atoms with E-state index >= 15 is 0 Å². The number of nitrogens with one attached hydrogen (secondary N) is 2. The van der Waals surface area contributed by atoms with Crippen LogP contribution in [0.4, 0.5) is 0 Å². The zero-order valence-electron chi connectivity index (χ0n) is 10.00. The van der Waals surface area contributed by atoms with Crippen LogP contribution in [0.5, 0.6) is 0 Å². The normalized spacial score (nSPS) is 27.6. The van der Waals surface area contributed by atoms with Crippen molar-refractivity contribution in [3.8, 4) is 0 Å². The summed E-state index contributed by atoms with van der Waals surface area (Å²) >= 11 is 0. The summed E-state index contributed by atoms with van der Waals surface area (Å²) in [7, 11) is 0. The molecule has 3 N–H and O–H groups in total. The molecule has 17 heavy (non-hydrogen) atoms. The Labute approximate surface area is 101 Å². The average molecular weight is 240 g/mol. The van der Waals surface area contributed by atoms with Gasteiger partial charge in [-0.05, 0) is 19.3 Å². The van der Waals surface area contributed by atoms with Crippen LogP contribution >= 0.6 is 0 Å². The van der Waals surface area contributed by atoms with Crippen LogP contribution in [-0.2, 0) is 9.59 Å². The predicted octanol–water partition coefficient (Wildman–Crippen LogP) is 0.0764. The molecule has 2 aliphatic rings. The number of hydrogen-bond acceptors (Lipinski definition) is 3. The number of aliphatic hydroxyl groups is 1. The summed E-state index contributed by atoms with van der Waals surface area (Å²) in [6, 6.07) is -0.409. The highest BCUT2D eigenvalue weighted by Gasteiger charge is 2.36. The molecule has 0 aromatic heterocycles. The third-order valence-corrected chi connectivity index (χ3v) is 3.81. The fourth-order valence-electron chi connectivity index (χ4n) is 2.71. The van der Waals surface area contributed by atoms with E-state index in [0.29, 0.717) is 12.8 Å². The lowest BCUT2D eigenvalue weighted by molar-refractivity contribution is -0.128. The maximum Gasteiger partial charge on any atom is 0.243 e. The Balaban J connectivity index is 1.93. The predicted molar refractivity (Wildman–Crippen MR) is 62.2 cm³/mol. The molecule has 1 aliphatic heterocycles. The lowest BCUT2D eigenvalue weighted by Gasteiger charge is -2.37. The van der Waals surface area contributed by atoms with Crippen molar-refractivity contribution in [2.45, 2.75) is 56.5 Å². The van der Waals surface area contributed by atoms with Gasteiger partial charge in [0, 0.05) is 6.42 Å². The zero-order valence-corrected chi connectivity index (χ0v) is 10.00. The van der Waals surface area contributed by atoms with Gasteiger partial charge < -0.3 is 15.7 Å². The molecule has 0 spiro atoms. The van der Waals surface area contributed by atoms with Crippen molar-refractivity contribution in [3.05, 3.63) is 0 Å². The smallest absolute Gasteiger partial charge is 0.243 e. The Morgan fingerprint density at radius 2 is 2.12 bits per heavy atom. The Hall–Kier alpha value is -1.10. The summed E-state index contributed by atoms with van der Waals surface area (Å²) in [6.07, 6.45) is 5.88. The Bertz CT molecular complexity index is 311. The molecular weight excluding hydrogens is 220 g/mol. The van der Waals surface area contributed by atoms with Crippen LogP contribution in [0.2, 0.25) is 0 Å². The molecule has 1 aliphatic carbocycles. The van der Waals surface area contributed by atoms with Crippen LogP contribution in [0.1, 0.15) is 44.9 Å². The number of carbonyl (C=O) groups is 2. The lowest BCUT2D eigenvalue weighted by atomic mass is 9.82. The van der Waals surface area contributed by atoms with Gasteiger partial charge in [0.1, 0.15) is 6.04 Å². The second-order valence-corrected chi connectivity index (χ2v) is 5.15. The van der Waals surface area contributed by atoms with Gasteiger partial charge in [-0.1, -0.05) is 19.3 Å². The van der Waals surface area contributed by atoms with Crippen molar-refractivity contribution >= 4 is 11.8 Å². The number of hydrogen-bond donors (Lipinski definition) is 3. The molecule has 2 amide bonds. The standard InChI is InChI=1S/C12H20N2O3/c15-8-12(6-2-1-3-7-12)14-11(17)9-4-5-10(16)13-9/h9,15H,1-8H2,(H,13,16)(H,14,17)/t9-/m0/s1. The Morgan fingerprint density at radius 1 is 1.41 bits per heavy atom. The first-order chi connectivity index (χ1) is 8.15. The van der Waals surface area contributed by atoms with Gasteiger partial charge in [-0.2, -0.15) is 0 Å². The first-order valence-corrected chi connectivity index (χ1v) is 6.37. The zero-order chi connectivity index (χ0) is 12.3. The van der Waals surface area contributed by atoms with Crippen LogP contribution in [0.25, 0.3) is 0 Å². The van der Waals surface area contributed by atoms with E-state index in [1.54, 1.807) is 0 Å². The molecule has 0 radical (unpaired) electrons. The first-order valence-electron chi connectivity index (χ1n) is 6.37. The Morgan fingerprint density at radius 3 is 2.65 bits per heavy atom. The molecule has 1 saturated carbocycles. The molecule has 5 nitrogen and oxygen atoms in total. The topological polar surface area (TPSA) is 78.4 Å². The van der Waals surface area contributed by atoms with Crippen molar-refractivity contribution in [3.63, 3.8) is 0 Å². The van der Waals surface area contributed by atoms with Gasteiger partial charge in [0.05, 0.1) is 12.1 Å². The molecular formula is C12H20N2O3. The van der Waals surface area contributed by atoms with Crippen molar-refractivity contribution in [2.24, 2.45) is 0 Å². The molecule has 0 unspecified atom stereocenters. The van der Waals surface area contributed by atoms with Crippen molar-refractivity contribution in [1.82, 2.24) is 10.6 Å². The SMILES string of the molecule is O=C1CC[C@@H](C(=O)NC2(CO)CCCCC2)N1. The molecule has 0 aromatic rings. The quantitative estimate of drug-likeness (QED) is 0.653. The van der Waals surface area contributed by atoms with Crippen LogP contribution in [0.15, 0.2) is 0 Å². The number of amides is 2. The third kappa shape index (κ3) is 2.77. The second-order valence-electron chi connectivity index (χ2n) is 5.15. The number of rotatable bonds is 3. The summed E-state index contributed by atoms with van der Waals surface area (Å²) in [6.45, 7) is -0.0145. The van der Waals surface area contributed by atoms with Gasteiger partial charge in [-0.3, -0.25) is 9.59 Å². The highest BCUT2D eigenvalue weighted by atomic mass is 16.3. The van der Waals surface area contributed by atoms with E-state index in [1.165, 1.54) is 0 Å². The van der Waals surface area contributed by atoms with Gasteiger partial charge in [-0.15, -0.1) is 0 Å². The van der Waals surface area contributed by atoms with Crippen molar-refractivity contribution < 1.29 is 14.7 Å². The molecule has 1 heterocycles. The summed E-state index contributed by atoms with van der Waals surface area (Å²) in [5, 5.41) is 15.1. The fraction of sp³-hybridized carbons (Fsp3) is 0.833. The summed E-state index contributed by atoms with van der Waals surface area (Å²) in [4.78, 5) is 23.0. The number of aliphatic hydroxyl groups excluding tert-OH is 1. The van der Waals surface area contributed by atoms with Crippen LogP contribution in [0.3, 0.4) is 0 Å². The summed E-state index contributed by atoms with van der Waals surface area (Å²) < 4.78 is 0. The minimum atomic E-state index is -0.456. The average Bonchev–Trinajstić information content (AvgIpc) is 2.77. The molecule has 1 atom stereocenters. The summed E-state index contributed by atoms with van der Waals surface area (Å²) in [5.41, 5.74) is -0.456. The summed E-state index contributed by atoms with van der Waals surface area (Å²) in [5.74, 6) is -0.210. The molecule has 2 rings (SSSR count). The molecule has 0 aromatic carbocycles. The minimum Gasteiger partial charge on any atom is -0.394 e. The highest BCUT2D eigenvalue weighted by Crippen LogP contribution is 2.28. The Kier molecular flexibility index (Phi) is 3.66. The van der Waals surface area contributed by atoms with E-state index in [1.807, 2.05) is 0 Å². The lowest BCUT2D eigenvalue weighted by Crippen LogP contribution is -2.56.